The van der Waals surface area contributed by atoms with Crippen molar-refractivity contribution in [2.45, 2.75) is 38.3 Å². The van der Waals surface area contributed by atoms with E-state index >= 15 is 0 Å². The number of pyridine rings is 1. The average molecular weight is 277 g/mol. The number of carbonyl (C=O) groups is 2. The fourth-order valence-electron chi connectivity index (χ4n) is 2.48. The second kappa shape index (κ2) is 6.36. The number of carboxylic acids is 1. The van der Waals surface area contributed by atoms with Gasteiger partial charge in [-0.05, 0) is 37.8 Å². The van der Waals surface area contributed by atoms with Gasteiger partial charge in [-0.15, -0.1) is 0 Å². The summed E-state index contributed by atoms with van der Waals surface area (Å²) in [7, 11) is 0. The molecule has 0 radical (unpaired) electrons. The van der Waals surface area contributed by atoms with Crippen molar-refractivity contribution in [1.82, 2.24) is 15.6 Å². The Kier molecular flexibility index (Phi) is 4.55. The van der Waals surface area contributed by atoms with Crippen LogP contribution in [0.3, 0.4) is 0 Å². The minimum atomic E-state index is -0.779. The van der Waals surface area contributed by atoms with E-state index in [1.807, 2.05) is 19.1 Å². The molecule has 0 spiro atoms. The topological polar surface area (TPSA) is 91.3 Å². The van der Waals surface area contributed by atoms with E-state index < -0.39 is 5.97 Å². The maximum Gasteiger partial charge on any atom is 0.315 e. The van der Waals surface area contributed by atoms with Crippen molar-refractivity contribution >= 4 is 12.0 Å². The van der Waals surface area contributed by atoms with Gasteiger partial charge in [0.25, 0.3) is 0 Å². The average Bonchev–Trinajstić information content (AvgIpc) is 2.88. The summed E-state index contributed by atoms with van der Waals surface area (Å²) in [5, 5.41) is 14.6. The van der Waals surface area contributed by atoms with Crippen molar-refractivity contribution in [2.75, 3.05) is 0 Å². The van der Waals surface area contributed by atoms with Gasteiger partial charge in [0.05, 0.1) is 12.0 Å². The summed E-state index contributed by atoms with van der Waals surface area (Å²) in [6.07, 6.45) is 5.23. The first-order chi connectivity index (χ1) is 9.56. The molecule has 6 nitrogen and oxygen atoms in total. The Morgan fingerprint density at radius 3 is 2.85 bits per heavy atom. The molecule has 20 heavy (non-hydrogen) atoms. The van der Waals surface area contributed by atoms with Crippen LogP contribution in [0.5, 0.6) is 0 Å². The summed E-state index contributed by atoms with van der Waals surface area (Å²) >= 11 is 0. The van der Waals surface area contributed by atoms with E-state index in [-0.39, 0.29) is 24.0 Å². The van der Waals surface area contributed by atoms with E-state index in [1.54, 1.807) is 12.4 Å². The predicted octanol–water partition coefficient (Wildman–Crippen LogP) is 1.70. The number of amides is 2. The highest BCUT2D eigenvalue weighted by molar-refractivity contribution is 5.75. The van der Waals surface area contributed by atoms with E-state index in [2.05, 4.69) is 15.6 Å². The monoisotopic (exact) mass is 277 g/mol. The summed E-state index contributed by atoms with van der Waals surface area (Å²) in [4.78, 5) is 26.7. The van der Waals surface area contributed by atoms with Crippen LogP contribution in [0.2, 0.25) is 0 Å². The molecule has 6 heteroatoms. The highest BCUT2D eigenvalue weighted by Gasteiger charge is 2.30. The second-order valence-electron chi connectivity index (χ2n) is 5.17. The van der Waals surface area contributed by atoms with Crippen LogP contribution in [0.1, 0.15) is 37.8 Å². The van der Waals surface area contributed by atoms with Gasteiger partial charge >= 0.3 is 12.0 Å². The number of nitrogens with zero attached hydrogens (tertiary/aromatic N) is 1. The van der Waals surface area contributed by atoms with Gasteiger partial charge in [-0.25, -0.2) is 4.79 Å². The molecule has 3 atom stereocenters. The molecule has 1 aromatic heterocycles. The molecule has 2 amide bonds. The molecule has 1 aliphatic rings. The van der Waals surface area contributed by atoms with Crippen LogP contribution in [0, 0.1) is 5.92 Å². The van der Waals surface area contributed by atoms with Gasteiger partial charge < -0.3 is 15.7 Å². The van der Waals surface area contributed by atoms with Crippen molar-refractivity contribution in [2.24, 2.45) is 5.92 Å². The largest absolute Gasteiger partial charge is 0.481 e. The molecule has 0 aromatic carbocycles. The van der Waals surface area contributed by atoms with E-state index in [1.165, 1.54) is 0 Å². The molecule has 108 valence electrons. The summed E-state index contributed by atoms with van der Waals surface area (Å²) < 4.78 is 0. The number of hydrogen-bond acceptors (Lipinski definition) is 3. The van der Waals surface area contributed by atoms with Gasteiger partial charge in [-0.1, -0.05) is 6.07 Å². The Morgan fingerprint density at radius 2 is 2.25 bits per heavy atom. The predicted molar refractivity (Wildman–Crippen MR) is 73.1 cm³/mol. The fourth-order valence-corrected chi connectivity index (χ4v) is 2.48. The van der Waals surface area contributed by atoms with E-state index in [9.17, 15) is 9.59 Å². The minimum Gasteiger partial charge on any atom is -0.481 e. The van der Waals surface area contributed by atoms with E-state index in [0.29, 0.717) is 19.3 Å². The number of nitrogens with one attached hydrogen (secondary N) is 2. The molecule has 0 aliphatic heterocycles. The van der Waals surface area contributed by atoms with Crippen LogP contribution >= 0.6 is 0 Å². The Morgan fingerprint density at radius 1 is 1.45 bits per heavy atom. The van der Waals surface area contributed by atoms with Gasteiger partial charge in [0.1, 0.15) is 0 Å². The van der Waals surface area contributed by atoms with Crippen LogP contribution in [0.25, 0.3) is 0 Å². The van der Waals surface area contributed by atoms with Crippen molar-refractivity contribution in [1.29, 1.82) is 0 Å². The quantitative estimate of drug-likeness (QED) is 0.781. The van der Waals surface area contributed by atoms with Crippen molar-refractivity contribution < 1.29 is 14.7 Å². The normalized spacial score (nSPS) is 23.1. The third-order valence-corrected chi connectivity index (χ3v) is 3.65. The Balaban J connectivity index is 1.80. The van der Waals surface area contributed by atoms with Crippen LogP contribution in [-0.4, -0.2) is 28.1 Å². The zero-order valence-electron chi connectivity index (χ0n) is 11.4. The zero-order chi connectivity index (χ0) is 14.5. The third kappa shape index (κ3) is 3.69. The van der Waals surface area contributed by atoms with E-state index in [0.717, 1.165) is 5.56 Å². The SMILES string of the molecule is CC(NC(=O)NC1CCC(C(=O)O)C1)c1cccnc1. The number of carbonyl (C=O) groups excluding carboxylic acids is 1. The molecular formula is C14H19N3O3. The molecule has 1 aromatic rings. The van der Waals surface area contributed by atoms with Gasteiger partial charge in [0.2, 0.25) is 0 Å². The number of rotatable bonds is 4. The molecule has 1 saturated carbocycles. The number of aromatic nitrogens is 1. The maximum absolute atomic E-state index is 11.9. The lowest BCUT2D eigenvalue weighted by atomic mass is 10.1. The molecule has 3 N–H and O–H groups in total. The van der Waals surface area contributed by atoms with Crippen LogP contribution in [-0.2, 0) is 4.79 Å². The number of carboxylic acid groups (broad SMARTS) is 1. The molecule has 1 fully saturated rings. The highest BCUT2D eigenvalue weighted by Crippen LogP contribution is 2.25. The summed E-state index contributed by atoms with van der Waals surface area (Å²) in [5.74, 6) is -1.12. The molecule has 1 heterocycles. The minimum absolute atomic E-state index is 0.0581. The van der Waals surface area contributed by atoms with Gasteiger partial charge in [0, 0.05) is 18.4 Å². The molecule has 2 rings (SSSR count). The van der Waals surface area contributed by atoms with Crippen molar-refractivity contribution in [3.05, 3.63) is 30.1 Å². The van der Waals surface area contributed by atoms with Crippen LogP contribution < -0.4 is 10.6 Å². The smallest absolute Gasteiger partial charge is 0.315 e. The number of hydrogen-bond donors (Lipinski definition) is 3. The molecule has 3 unspecified atom stereocenters. The first-order valence-corrected chi connectivity index (χ1v) is 6.76. The van der Waals surface area contributed by atoms with Crippen molar-refractivity contribution in [3.63, 3.8) is 0 Å². The van der Waals surface area contributed by atoms with Gasteiger partial charge in [0.15, 0.2) is 0 Å². The van der Waals surface area contributed by atoms with Crippen LogP contribution in [0.15, 0.2) is 24.5 Å². The Labute approximate surface area is 117 Å². The molecular weight excluding hydrogens is 258 g/mol. The molecule has 0 saturated heterocycles. The van der Waals surface area contributed by atoms with E-state index in [4.69, 9.17) is 5.11 Å². The van der Waals surface area contributed by atoms with Gasteiger partial charge in [-0.2, -0.15) is 0 Å². The lowest BCUT2D eigenvalue weighted by molar-refractivity contribution is -0.141. The first-order valence-electron chi connectivity index (χ1n) is 6.76. The fraction of sp³-hybridized carbons (Fsp3) is 0.500. The summed E-state index contributed by atoms with van der Waals surface area (Å²) in [6.45, 7) is 1.88. The molecule has 0 bridgehead atoms. The lowest BCUT2D eigenvalue weighted by Crippen LogP contribution is -2.42. The number of urea groups is 1. The lowest BCUT2D eigenvalue weighted by Gasteiger charge is -2.17. The second-order valence-corrected chi connectivity index (χ2v) is 5.17. The Hall–Kier alpha value is -2.11. The summed E-state index contributed by atoms with van der Waals surface area (Å²) in [6, 6.07) is 3.25. The highest BCUT2D eigenvalue weighted by atomic mass is 16.4. The third-order valence-electron chi connectivity index (χ3n) is 3.65. The summed E-state index contributed by atoms with van der Waals surface area (Å²) in [5.41, 5.74) is 0.928. The number of aliphatic carboxylic acids is 1. The Bertz CT molecular complexity index is 478. The van der Waals surface area contributed by atoms with Crippen LogP contribution in [0.4, 0.5) is 4.79 Å². The van der Waals surface area contributed by atoms with Gasteiger partial charge in [-0.3, -0.25) is 9.78 Å². The standard InChI is InChI=1S/C14H19N3O3/c1-9(11-3-2-6-15-8-11)16-14(20)17-12-5-4-10(7-12)13(18)19/h2-3,6,8-10,12H,4-5,7H2,1H3,(H,18,19)(H2,16,17,20). The maximum atomic E-state index is 11.9. The zero-order valence-corrected chi connectivity index (χ0v) is 11.4. The molecule has 1 aliphatic carbocycles. The van der Waals surface area contributed by atoms with Crippen molar-refractivity contribution in [3.8, 4) is 0 Å². The first kappa shape index (κ1) is 14.3.